The predicted octanol–water partition coefficient (Wildman–Crippen LogP) is 0.519. The highest BCUT2D eigenvalue weighted by Gasteiger charge is 2.54. The molecule has 1 aromatic carbocycles. The molecular formula is C22H26N4O4. The van der Waals surface area contributed by atoms with Gasteiger partial charge in [0.15, 0.2) is 0 Å². The van der Waals surface area contributed by atoms with Gasteiger partial charge in [0.2, 0.25) is 11.8 Å². The van der Waals surface area contributed by atoms with Crippen molar-refractivity contribution in [1.29, 1.82) is 0 Å². The van der Waals surface area contributed by atoms with Gasteiger partial charge in [0.1, 0.15) is 6.04 Å². The van der Waals surface area contributed by atoms with Gasteiger partial charge in [-0.05, 0) is 61.9 Å². The largest absolute Gasteiger partial charge is 0.319 e. The Bertz CT molecular complexity index is 954. The number of imide groups is 2. The molecule has 1 aromatic rings. The highest BCUT2D eigenvalue weighted by molar-refractivity contribution is 6.23. The van der Waals surface area contributed by atoms with Crippen molar-refractivity contribution in [2.24, 2.45) is 11.3 Å². The Morgan fingerprint density at radius 3 is 2.60 bits per heavy atom. The van der Waals surface area contributed by atoms with Crippen molar-refractivity contribution in [2.45, 2.75) is 38.3 Å². The molecule has 3 heterocycles. The van der Waals surface area contributed by atoms with Crippen LogP contribution in [0.2, 0.25) is 0 Å². The zero-order valence-electron chi connectivity index (χ0n) is 17.1. The van der Waals surface area contributed by atoms with E-state index in [-0.39, 0.29) is 18.7 Å². The fraction of sp³-hybridized carbons (Fsp3) is 0.545. The van der Waals surface area contributed by atoms with Crippen LogP contribution in [0.1, 0.15) is 52.0 Å². The second kappa shape index (κ2) is 6.99. The number of likely N-dealkylation sites (tertiary alicyclic amines) is 1. The number of hydrogen-bond donors (Lipinski definition) is 2. The van der Waals surface area contributed by atoms with E-state index in [0.717, 1.165) is 36.6 Å². The molecular weight excluding hydrogens is 384 g/mol. The monoisotopic (exact) mass is 410 g/mol. The second-order valence-corrected chi connectivity index (χ2v) is 9.11. The highest BCUT2D eigenvalue weighted by Crippen LogP contribution is 2.56. The van der Waals surface area contributed by atoms with Crippen LogP contribution in [-0.4, -0.2) is 66.2 Å². The first-order valence-electron chi connectivity index (χ1n) is 10.6. The van der Waals surface area contributed by atoms with Gasteiger partial charge in [0.25, 0.3) is 11.8 Å². The van der Waals surface area contributed by atoms with Gasteiger partial charge in [-0.3, -0.25) is 34.3 Å². The molecule has 2 saturated heterocycles. The number of rotatable bonds is 5. The van der Waals surface area contributed by atoms with Crippen molar-refractivity contribution in [2.75, 3.05) is 26.7 Å². The van der Waals surface area contributed by atoms with Crippen LogP contribution in [-0.2, 0) is 16.1 Å². The highest BCUT2D eigenvalue weighted by atomic mass is 16.2. The average molecular weight is 410 g/mol. The fourth-order valence-electron chi connectivity index (χ4n) is 5.39. The molecule has 8 nitrogen and oxygen atoms in total. The molecule has 4 aliphatic rings. The average Bonchev–Trinajstić information content (AvgIpc) is 3.35. The van der Waals surface area contributed by atoms with Gasteiger partial charge in [-0.1, -0.05) is 6.07 Å². The summed E-state index contributed by atoms with van der Waals surface area (Å²) >= 11 is 0. The summed E-state index contributed by atoms with van der Waals surface area (Å²) in [5, 5.41) is 5.53. The van der Waals surface area contributed by atoms with E-state index < -0.39 is 23.8 Å². The van der Waals surface area contributed by atoms with Crippen molar-refractivity contribution >= 4 is 23.6 Å². The van der Waals surface area contributed by atoms with Crippen molar-refractivity contribution in [3.63, 3.8) is 0 Å². The number of fused-ring (bicyclic) bond motifs is 1. The van der Waals surface area contributed by atoms with Crippen molar-refractivity contribution in [3.8, 4) is 0 Å². The van der Waals surface area contributed by atoms with E-state index in [1.165, 1.54) is 12.8 Å². The minimum Gasteiger partial charge on any atom is -0.319 e. The smallest absolute Gasteiger partial charge is 0.262 e. The van der Waals surface area contributed by atoms with Gasteiger partial charge >= 0.3 is 0 Å². The SMILES string of the molecule is CNCC1CN(Cc2ccc3c(c2)C(=O)N(C2CCC(=O)NC2=O)C3=O)CC12CC2. The summed E-state index contributed by atoms with van der Waals surface area (Å²) in [6.07, 6.45) is 2.87. The van der Waals surface area contributed by atoms with E-state index in [9.17, 15) is 19.2 Å². The Morgan fingerprint density at radius 2 is 1.90 bits per heavy atom. The molecule has 8 heteroatoms. The van der Waals surface area contributed by atoms with E-state index in [4.69, 9.17) is 0 Å². The quantitative estimate of drug-likeness (QED) is 0.687. The van der Waals surface area contributed by atoms with Gasteiger partial charge in [-0.25, -0.2) is 0 Å². The van der Waals surface area contributed by atoms with Crippen molar-refractivity contribution < 1.29 is 19.2 Å². The maximum Gasteiger partial charge on any atom is 0.262 e. The number of nitrogens with zero attached hydrogens (tertiary/aromatic N) is 2. The lowest BCUT2D eigenvalue weighted by Crippen LogP contribution is -2.54. The Morgan fingerprint density at radius 1 is 1.13 bits per heavy atom. The number of hydrogen-bond acceptors (Lipinski definition) is 6. The van der Waals surface area contributed by atoms with Gasteiger partial charge in [0, 0.05) is 26.1 Å². The van der Waals surface area contributed by atoms with Crippen LogP contribution in [0, 0.1) is 11.3 Å². The lowest BCUT2D eigenvalue weighted by molar-refractivity contribution is -0.136. The lowest BCUT2D eigenvalue weighted by atomic mass is 9.93. The summed E-state index contributed by atoms with van der Waals surface area (Å²) < 4.78 is 0. The van der Waals surface area contributed by atoms with E-state index in [0.29, 0.717) is 22.5 Å². The minimum absolute atomic E-state index is 0.125. The molecule has 2 atom stereocenters. The van der Waals surface area contributed by atoms with Crippen LogP contribution in [0.4, 0.5) is 0 Å². The number of benzene rings is 1. The van der Waals surface area contributed by atoms with Gasteiger partial charge in [0.05, 0.1) is 11.1 Å². The number of carbonyl (C=O) groups excluding carboxylic acids is 4. The Hall–Kier alpha value is -2.58. The van der Waals surface area contributed by atoms with Crippen molar-refractivity contribution in [1.82, 2.24) is 20.4 Å². The van der Waals surface area contributed by atoms with Gasteiger partial charge in [-0.2, -0.15) is 0 Å². The van der Waals surface area contributed by atoms with E-state index in [1.54, 1.807) is 12.1 Å². The van der Waals surface area contributed by atoms with Crippen LogP contribution in [0.15, 0.2) is 18.2 Å². The second-order valence-electron chi connectivity index (χ2n) is 9.11. The molecule has 158 valence electrons. The Kier molecular flexibility index (Phi) is 4.52. The van der Waals surface area contributed by atoms with Gasteiger partial charge < -0.3 is 5.32 Å². The summed E-state index contributed by atoms with van der Waals surface area (Å²) in [6.45, 7) is 3.88. The third-order valence-corrected chi connectivity index (χ3v) is 7.14. The molecule has 1 spiro atoms. The van der Waals surface area contributed by atoms with Crippen LogP contribution in [0.5, 0.6) is 0 Å². The summed E-state index contributed by atoms with van der Waals surface area (Å²) in [5.74, 6) is -1.19. The molecule has 1 aliphatic carbocycles. The zero-order chi connectivity index (χ0) is 21.0. The number of nitrogens with one attached hydrogen (secondary N) is 2. The summed E-state index contributed by atoms with van der Waals surface area (Å²) in [6, 6.07) is 4.48. The summed E-state index contributed by atoms with van der Waals surface area (Å²) in [5.41, 5.74) is 2.14. The maximum absolute atomic E-state index is 13.0. The first kappa shape index (κ1) is 19.4. The van der Waals surface area contributed by atoms with Crippen LogP contribution in [0.3, 0.4) is 0 Å². The maximum atomic E-state index is 13.0. The van der Waals surface area contributed by atoms with E-state index >= 15 is 0 Å². The molecule has 0 radical (unpaired) electrons. The Balaban J connectivity index is 1.33. The van der Waals surface area contributed by atoms with Crippen LogP contribution in [0.25, 0.3) is 0 Å². The van der Waals surface area contributed by atoms with Crippen LogP contribution < -0.4 is 10.6 Å². The minimum atomic E-state index is -0.922. The molecule has 2 N–H and O–H groups in total. The molecule has 3 aliphatic heterocycles. The predicted molar refractivity (Wildman–Crippen MR) is 107 cm³/mol. The van der Waals surface area contributed by atoms with Crippen LogP contribution >= 0.6 is 0 Å². The third-order valence-electron chi connectivity index (χ3n) is 7.14. The molecule has 4 amide bonds. The molecule has 30 heavy (non-hydrogen) atoms. The first-order chi connectivity index (χ1) is 14.4. The molecule has 0 bridgehead atoms. The number of amides is 4. The topological polar surface area (TPSA) is 98.8 Å². The lowest BCUT2D eigenvalue weighted by Gasteiger charge is -2.27. The van der Waals surface area contributed by atoms with Gasteiger partial charge in [-0.15, -0.1) is 0 Å². The molecule has 5 rings (SSSR count). The molecule has 1 saturated carbocycles. The first-order valence-corrected chi connectivity index (χ1v) is 10.6. The molecule has 2 unspecified atom stereocenters. The van der Waals surface area contributed by atoms with Crippen molar-refractivity contribution in [3.05, 3.63) is 34.9 Å². The van der Waals surface area contributed by atoms with E-state index in [2.05, 4.69) is 15.5 Å². The number of piperidine rings is 1. The third kappa shape index (κ3) is 3.06. The van der Waals surface area contributed by atoms with E-state index in [1.807, 2.05) is 13.1 Å². The summed E-state index contributed by atoms with van der Waals surface area (Å²) in [4.78, 5) is 52.9. The normalized spacial score (nSPS) is 27.7. The fourth-order valence-corrected chi connectivity index (χ4v) is 5.39. The molecule has 0 aromatic heterocycles. The zero-order valence-corrected chi connectivity index (χ0v) is 17.1. The summed E-state index contributed by atoms with van der Waals surface area (Å²) in [7, 11) is 2.00. The standard InChI is InChI=1S/C22H26N4O4/c1-23-9-14-11-25(12-22(14)6-7-22)10-13-2-3-15-16(8-13)21(30)26(20(15)29)17-4-5-18(27)24-19(17)28/h2-3,8,14,17,23H,4-7,9-12H2,1H3,(H,24,27,28). The number of carbonyl (C=O) groups is 4. The Labute approximate surface area is 175 Å². The molecule has 3 fully saturated rings.